The monoisotopic (exact) mass is 855 g/mol. The number of hydroxylamine groups is 4. The lowest BCUT2D eigenvalue weighted by molar-refractivity contribution is -0.203. The summed E-state index contributed by atoms with van der Waals surface area (Å²) in [5.41, 5.74) is 6.71. The molecule has 10 rings (SSSR count). The molecule has 0 amide bonds. The maximum Gasteiger partial charge on any atom is 0.339 e. The number of hydrogen-bond donors (Lipinski definition) is 3. The zero-order chi connectivity index (χ0) is 43.9. The lowest BCUT2D eigenvalue weighted by Crippen LogP contribution is -2.49. The molecule has 0 radical (unpaired) electrons. The quantitative estimate of drug-likeness (QED) is 0.122. The van der Waals surface area contributed by atoms with Crippen molar-refractivity contribution in [2.75, 3.05) is 46.8 Å². The van der Waals surface area contributed by atoms with Gasteiger partial charge in [-0.15, -0.1) is 0 Å². The maximum atomic E-state index is 14.3. The second-order valence-electron chi connectivity index (χ2n) is 18.0. The third-order valence-corrected chi connectivity index (χ3v) is 15.3. The number of esters is 2. The van der Waals surface area contributed by atoms with Crippen molar-refractivity contribution in [3.05, 3.63) is 107 Å². The lowest BCUT2D eigenvalue weighted by Gasteiger charge is -2.50. The molecule has 13 nitrogen and oxygen atoms in total. The molecule has 0 aliphatic carbocycles. The SMILES string of the molecule is CC[C@]12C=C(C(=O)OC)c3c(CC4Nc5ccc(OC)cc5C(OC)C4c4c5n(c6ccccc46)[C@H]4N(O)CCC[C@@]4(CC)C=C5C(=O)OC)c4ccccc4n3[C@H]1N(O)CCC2. The molecule has 3 unspecified atom stereocenters. The molecule has 0 spiro atoms. The fourth-order valence-electron chi connectivity index (χ4n) is 12.5. The van der Waals surface area contributed by atoms with Gasteiger partial charge in [-0.25, -0.2) is 9.59 Å². The Morgan fingerprint density at radius 1 is 0.746 bits per heavy atom. The number of carbonyl (C=O) groups excluding carboxylic acids is 2. The van der Waals surface area contributed by atoms with Crippen molar-refractivity contribution < 1.29 is 39.0 Å². The van der Waals surface area contributed by atoms with E-state index in [1.165, 1.54) is 24.3 Å². The van der Waals surface area contributed by atoms with E-state index in [4.69, 9.17) is 18.9 Å². The first-order valence-electron chi connectivity index (χ1n) is 22.3. The van der Waals surface area contributed by atoms with Gasteiger partial charge in [-0.2, -0.15) is 10.1 Å². The normalized spacial score (nSPS) is 27.8. The molecule has 5 aliphatic heterocycles. The van der Waals surface area contributed by atoms with Gasteiger partial charge in [0, 0.05) is 65.0 Å². The highest BCUT2D eigenvalue weighted by atomic mass is 16.5. The standard InChI is InChI=1S/C50H57N5O8/c1-7-49-21-13-23-52(58)47(49)54-38-17-11-9-15-30(38)32(42(54)34(27-49)45(56)62-5)26-37-41(44(61-4)33-25-29(60-3)19-20-36(33)51-37)40-31-16-10-12-18-39(31)55-43(40)35(46(57)63-6)28-50(8-2)22-14-24-53(59)48(50)55/h9-12,15-20,25,27-28,37,41,44,47-48,51,58-59H,7-8,13-14,21-24,26H2,1-6H3/t37?,41?,44?,47-,48-,49+,50+/m1/s1. The highest BCUT2D eigenvalue weighted by Gasteiger charge is 2.53. The Labute approximate surface area is 367 Å². The Balaban J connectivity index is 1.27. The van der Waals surface area contributed by atoms with Crippen molar-refractivity contribution in [3.63, 3.8) is 0 Å². The van der Waals surface area contributed by atoms with Crippen molar-refractivity contribution in [2.45, 2.75) is 89.2 Å². The molecule has 2 fully saturated rings. The number of fused-ring (bicyclic) bond motifs is 11. The number of hydrogen-bond acceptors (Lipinski definition) is 11. The van der Waals surface area contributed by atoms with E-state index < -0.39 is 53.2 Å². The number of para-hydroxylation sites is 2. The molecule has 2 saturated heterocycles. The highest BCUT2D eigenvalue weighted by Crippen LogP contribution is 2.59. The molecule has 3 aromatic carbocycles. The minimum atomic E-state index is -0.551. The van der Waals surface area contributed by atoms with Crippen molar-refractivity contribution in [2.24, 2.45) is 10.8 Å². The van der Waals surface area contributed by atoms with Gasteiger partial charge >= 0.3 is 11.9 Å². The molecule has 13 heteroatoms. The van der Waals surface area contributed by atoms with E-state index in [0.717, 1.165) is 75.6 Å². The Bertz CT molecular complexity index is 2720. The minimum absolute atomic E-state index is 0.400. The first-order chi connectivity index (χ1) is 30.6. The van der Waals surface area contributed by atoms with Crippen LogP contribution in [0.2, 0.25) is 0 Å². The lowest BCUT2D eigenvalue weighted by atomic mass is 9.70. The molecule has 330 valence electrons. The second kappa shape index (κ2) is 15.7. The van der Waals surface area contributed by atoms with Crippen LogP contribution in [0.25, 0.3) is 33.0 Å². The van der Waals surface area contributed by atoms with Crippen molar-refractivity contribution in [1.29, 1.82) is 0 Å². The molecule has 3 N–H and O–H groups in total. The van der Waals surface area contributed by atoms with Crippen LogP contribution in [0, 0.1) is 10.8 Å². The number of rotatable bonds is 9. The molecule has 0 saturated carbocycles. The Hall–Kier alpha value is -5.44. The van der Waals surface area contributed by atoms with Gasteiger partial charge in [0.25, 0.3) is 0 Å². The topological polar surface area (TPSA) is 140 Å². The van der Waals surface area contributed by atoms with Crippen molar-refractivity contribution in [3.8, 4) is 5.75 Å². The molecule has 7 heterocycles. The van der Waals surface area contributed by atoms with Gasteiger partial charge in [-0.3, -0.25) is 0 Å². The predicted octanol–water partition coefficient (Wildman–Crippen LogP) is 9.01. The van der Waals surface area contributed by atoms with Crippen LogP contribution in [0.15, 0.2) is 78.9 Å². The number of nitrogens with one attached hydrogen (secondary N) is 1. The summed E-state index contributed by atoms with van der Waals surface area (Å²) in [6, 6.07) is 22.0. The summed E-state index contributed by atoms with van der Waals surface area (Å²) in [4.78, 5) is 28.5. The number of aromatic nitrogens is 2. The molecule has 0 bridgehead atoms. The van der Waals surface area contributed by atoms with Gasteiger partial charge in [-0.05, 0) is 86.4 Å². The molecule has 7 atom stereocenters. The van der Waals surface area contributed by atoms with Gasteiger partial charge in [0.15, 0.2) is 0 Å². The predicted molar refractivity (Wildman–Crippen MR) is 239 cm³/mol. The van der Waals surface area contributed by atoms with Crippen LogP contribution in [0.1, 0.15) is 105 Å². The van der Waals surface area contributed by atoms with Crippen LogP contribution in [-0.2, 0) is 30.2 Å². The van der Waals surface area contributed by atoms with E-state index >= 15 is 0 Å². The van der Waals surface area contributed by atoms with E-state index in [1.54, 1.807) is 14.2 Å². The fraction of sp³-hybridized carbons (Fsp3) is 0.440. The molecule has 5 aliphatic rings. The van der Waals surface area contributed by atoms with Crippen LogP contribution in [0.4, 0.5) is 5.69 Å². The van der Waals surface area contributed by atoms with E-state index in [1.807, 2.05) is 42.5 Å². The number of methoxy groups -OCH3 is 4. The maximum absolute atomic E-state index is 14.3. The fourth-order valence-corrected chi connectivity index (χ4v) is 12.5. The van der Waals surface area contributed by atoms with Gasteiger partial charge in [0.05, 0.1) is 61.0 Å². The summed E-state index contributed by atoms with van der Waals surface area (Å²) in [5, 5.41) is 32.5. The number of nitrogens with zero attached hydrogens (tertiary/aromatic N) is 4. The van der Waals surface area contributed by atoms with E-state index in [2.05, 4.69) is 64.7 Å². The Morgan fingerprint density at radius 3 is 1.87 bits per heavy atom. The average Bonchev–Trinajstić information content (AvgIpc) is 3.82. The first kappa shape index (κ1) is 41.6. The molecule has 2 aromatic heterocycles. The van der Waals surface area contributed by atoms with Crippen LogP contribution in [0.3, 0.4) is 0 Å². The molecule has 5 aromatic rings. The van der Waals surface area contributed by atoms with Crippen LogP contribution >= 0.6 is 0 Å². The third kappa shape index (κ3) is 6.00. The molecule has 63 heavy (non-hydrogen) atoms. The van der Waals surface area contributed by atoms with Gasteiger partial charge in [-0.1, -0.05) is 62.4 Å². The number of ether oxygens (including phenoxy) is 4. The summed E-state index contributed by atoms with van der Waals surface area (Å²) in [5.74, 6) is -0.655. The number of carbonyl (C=O) groups is 2. The first-order valence-corrected chi connectivity index (χ1v) is 22.3. The number of anilines is 1. The Kier molecular flexibility index (Phi) is 10.3. The summed E-state index contributed by atoms with van der Waals surface area (Å²) in [7, 11) is 6.22. The van der Waals surface area contributed by atoms with Crippen molar-refractivity contribution in [1.82, 2.24) is 19.3 Å². The summed E-state index contributed by atoms with van der Waals surface area (Å²) in [6.45, 7) is 5.24. The second-order valence-corrected chi connectivity index (χ2v) is 18.0. The molecular formula is C50H57N5O8. The van der Waals surface area contributed by atoms with Crippen LogP contribution < -0.4 is 10.1 Å². The van der Waals surface area contributed by atoms with E-state index in [9.17, 15) is 20.0 Å². The Morgan fingerprint density at radius 2 is 1.30 bits per heavy atom. The highest BCUT2D eigenvalue weighted by molar-refractivity contribution is 6.19. The van der Waals surface area contributed by atoms with Gasteiger partial charge in [0.1, 0.15) is 18.1 Å². The largest absolute Gasteiger partial charge is 0.497 e. The summed E-state index contributed by atoms with van der Waals surface area (Å²) >= 11 is 0. The molecular weight excluding hydrogens is 799 g/mol. The third-order valence-electron chi connectivity index (χ3n) is 15.3. The van der Waals surface area contributed by atoms with Crippen LogP contribution in [0.5, 0.6) is 5.75 Å². The zero-order valence-electron chi connectivity index (χ0n) is 36.9. The van der Waals surface area contributed by atoms with Crippen molar-refractivity contribution >= 4 is 50.6 Å². The summed E-state index contributed by atoms with van der Waals surface area (Å²) in [6.07, 6.45) is 7.67. The minimum Gasteiger partial charge on any atom is -0.497 e. The summed E-state index contributed by atoms with van der Waals surface area (Å²) < 4.78 is 28.0. The number of benzene rings is 3. The van der Waals surface area contributed by atoms with Gasteiger partial charge in [0.2, 0.25) is 0 Å². The van der Waals surface area contributed by atoms with Crippen LogP contribution in [-0.4, -0.2) is 89.2 Å². The van der Waals surface area contributed by atoms with E-state index in [0.29, 0.717) is 54.9 Å². The van der Waals surface area contributed by atoms with E-state index in [-0.39, 0.29) is 0 Å². The average molecular weight is 856 g/mol. The zero-order valence-corrected chi connectivity index (χ0v) is 36.9. The van der Waals surface area contributed by atoms with Gasteiger partial charge < -0.3 is 43.8 Å². The number of piperidine rings is 2. The smallest absolute Gasteiger partial charge is 0.339 e.